The molecule has 1 saturated carbocycles. The zero-order valence-electron chi connectivity index (χ0n) is 11.4. The molecule has 2 heterocycles. The Morgan fingerprint density at radius 1 is 1.37 bits per heavy atom. The van der Waals surface area contributed by atoms with Crippen LogP contribution in [0, 0.1) is 0 Å². The molecule has 1 aliphatic heterocycles. The number of piperidine rings is 1. The van der Waals surface area contributed by atoms with E-state index in [9.17, 15) is 0 Å². The van der Waals surface area contributed by atoms with Crippen molar-refractivity contribution < 1.29 is 9.26 Å². The van der Waals surface area contributed by atoms with Gasteiger partial charge in [-0.25, -0.2) is 0 Å². The Labute approximate surface area is 119 Å². The molecule has 2 fully saturated rings. The lowest BCUT2D eigenvalue weighted by molar-refractivity contribution is 0.131. The Morgan fingerprint density at radius 2 is 2.11 bits per heavy atom. The number of methoxy groups -OCH3 is 1. The maximum Gasteiger partial charge on any atom is 0.233 e. The summed E-state index contributed by atoms with van der Waals surface area (Å²) in [4.78, 5) is 4.66. The molecular formula is C13H22ClN3O2. The van der Waals surface area contributed by atoms with Gasteiger partial charge in [0, 0.05) is 19.6 Å². The Kier molecular flexibility index (Phi) is 4.81. The van der Waals surface area contributed by atoms with E-state index < -0.39 is 0 Å². The molecule has 1 saturated heterocycles. The predicted octanol–water partition coefficient (Wildman–Crippen LogP) is 2.03. The molecule has 108 valence electrons. The molecule has 0 unspecified atom stereocenters. The fourth-order valence-electron chi connectivity index (χ4n) is 2.73. The quantitative estimate of drug-likeness (QED) is 0.898. The molecule has 1 N–H and O–H groups in total. The molecule has 19 heavy (non-hydrogen) atoms. The second-order valence-electron chi connectivity index (χ2n) is 5.51. The van der Waals surface area contributed by atoms with Gasteiger partial charge in [0.05, 0.1) is 5.41 Å². The molecule has 0 aromatic carbocycles. The minimum absolute atomic E-state index is 0. The van der Waals surface area contributed by atoms with Crippen LogP contribution in [0.5, 0.6) is 0 Å². The number of ether oxygens (including phenoxy) is 1. The zero-order chi connectivity index (χ0) is 12.4. The maximum absolute atomic E-state index is 5.56. The Hall–Kier alpha value is -0.650. The van der Waals surface area contributed by atoms with Crippen LogP contribution in [0.1, 0.15) is 49.7 Å². The molecule has 0 amide bonds. The number of hydrogen-bond acceptors (Lipinski definition) is 5. The third-order valence-electron chi connectivity index (χ3n) is 4.18. The summed E-state index contributed by atoms with van der Waals surface area (Å²) >= 11 is 0. The van der Waals surface area contributed by atoms with Gasteiger partial charge in [0.2, 0.25) is 5.89 Å². The second-order valence-corrected chi connectivity index (χ2v) is 5.51. The maximum atomic E-state index is 5.56. The van der Waals surface area contributed by atoms with Gasteiger partial charge in [0.1, 0.15) is 0 Å². The van der Waals surface area contributed by atoms with Crippen LogP contribution in [-0.2, 0) is 10.2 Å². The third kappa shape index (κ3) is 3.09. The minimum Gasteiger partial charge on any atom is -0.385 e. The van der Waals surface area contributed by atoms with Crippen molar-refractivity contribution in [2.45, 2.75) is 43.4 Å². The fourth-order valence-corrected chi connectivity index (χ4v) is 2.73. The standard InChI is InChI=1S/C13H21N3O2.ClH/c1-17-9-6-13(4-7-14-8-5-13)12-15-11(16-18-12)10-2-3-10;/h10,14H,2-9H2,1H3;1H. The summed E-state index contributed by atoms with van der Waals surface area (Å²) in [5, 5.41) is 7.56. The molecule has 1 aliphatic carbocycles. The number of nitrogens with zero attached hydrogens (tertiary/aromatic N) is 2. The van der Waals surface area contributed by atoms with Crippen LogP contribution in [-0.4, -0.2) is 36.9 Å². The van der Waals surface area contributed by atoms with Crippen molar-refractivity contribution in [2.24, 2.45) is 0 Å². The van der Waals surface area contributed by atoms with Crippen molar-refractivity contribution in [3.8, 4) is 0 Å². The largest absolute Gasteiger partial charge is 0.385 e. The van der Waals surface area contributed by atoms with Crippen molar-refractivity contribution in [1.29, 1.82) is 0 Å². The summed E-state index contributed by atoms with van der Waals surface area (Å²) in [7, 11) is 1.75. The normalized spacial score (nSPS) is 21.9. The molecule has 1 aromatic rings. The van der Waals surface area contributed by atoms with Crippen LogP contribution in [0.25, 0.3) is 0 Å². The van der Waals surface area contributed by atoms with E-state index in [0.717, 1.165) is 50.7 Å². The van der Waals surface area contributed by atoms with Crippen molar-refractivity contribution in [1.82, 2.24) is 15.5 Å². The highest BCUT2D eigenvalue weighted by Crippen LogP contribution is 2.41. The van der Waals surface area contributed by atoms with Gasteiger partial charge < -0.3 is 14.6 Å². The average molecular weight is 288 g/mol. The van der Waals surface area contributed by atoms with E-state index in [-0.39, 0.29) is 17.8 Å². The minimum atomic E-state index is 0. The van der Waals surface area contributed by atoms with E-state index in [4.69, 9.17) is 9.26 Å². The van der Waals surface area contributed by atoms with E-state index in [1.807, 2.05) is 0 Å². The fraction of sp³-hybridized carbons (Fsp3) is 0.846. The lowest BCUT2D eigenvalue weighted by atomic mass is 9.76. The van der Waals surface area contributed by atoms with Gasteiger partial charge in [-0.3, -0.25) is 0 Å². The first-order valence-electron chi connectivity index (χ1n) is 6.88. The highest BCUT2D eigenvalue weighted by Gasteiger charge is 2.40. The summed E-state index contributed by atoms with van der Waals surface area (Å²) in [6.45, 7) is 2.79. The van der Waals surface area contributed by atoms with Gasteiger partial charge in [-0.05, 0) is 45.2 Å². The third-order valence-corrected chi connectivity index (χ3v) is 4.18. The molecule has 6 heteroatoms. The summed E-state index contributed by atoms with van der Waals surface area (Å²) < 4.78 is 10.8. The van der Waals surface area contributed by atoms with Crippen molar-refractivity contribution in [3.63, 3.8) is 0 Å². The van der Waals surface area contributed by atoms with Gasteiger partial charge in [0.25, 0.3) is 0 Å². The van der Waals surface area contributed by atoms with Gasteiger partial charge in [-0.1, -0.05) is 5.16 Å². The van der Waals surface area contributed by atoms with E-state index in [2.05, 4.69) is 15.5 Å². The van der Waals surface area contributed by atoms with E-state index in [1.54, 1.807) is 7.11 Å². The molecule has 0 spiro atoms. The topological polar surface area (TPSA) is 60.2 Å². The molecule has 0 radical (unpaired) electrons. The molecule has 0 atom stereocenters. The molecule has 1 aromatic heterocycles. The molecule has 2 aliphatic rings. The average Bonchev–Trinajstić information content (AvgIpc) is 3.15. The van der Waals surface area contributed by atoms with Gasteiger partial charge >= 0.3 is 0 Å². The lowest BCUT2D eigenvalue weighted by Gasteiger charge is -2.34. The van der Waals surface area contributed by atoms with Gasteiger partial charge in [0.15, 0.2) is 5.82 Å². The zero-order valence-corrected chi connectivity index (χ0v) is 12.2. The summed E-state index contributed by atoms with van der Waals surface area (Å²) in [6.07, 6.45) is 5.51. The van der Waals surface area contributed by atoms with Crippen molar-refractivity contribution in [2.75, 3.05) is 26.8 Å². The Bertz CT molecular complexity index is 400. The highest BCUT2D eigenvalue weighted by molar-refractivity contribution is 5.85. The van der Waals surface area contributed by atoms with E-state index in [0.29, 0.717) is 5.92 Å². The first-order valence-corrected chi connectivity index (χ1v) is 6.88. The number of halogens is 1. The Morgan fingerprint density at radius 3 is 2.74 bits per heavy atom. The SMILES string of the molecule is COCCC1(c2nc(C3CC3)no2)CCNCC1.Cl. The summed E-state index contributed by atoms with van der Waals surface area (Å²) in [5.74, 6) is 2.31. The van der Waals surface area contributed by atoms with Crippen LogP contribution < -0.4 is 5.32 Å². The van der Waals surface area contributed by atoms with Crippen LogP contribution in [0.15, 0.2) is 4.52 Å². The first kappa shape index (κ1) is 14.8. The van der Waals surface area contributed by atoms with Gasteiger partial charge in [-0.15, -0.1) is 12.4 Å². The van der Waals surface area contributed by atoms with E-state index in [1.165, 1.54) is 12.8 Å². The van der Waals surface area contributed by atoms with E-state index >= 15 is 0 Å². The van der Waals surface area contributed by atoms with Gasteiger partial charge in [-0.2, -0.15) is 4.98 Å². The number of rotatable bonds is 5. The highest BCUT2D eigenvalue weighted by atomic mass is 35.5. The Balaban J connectivity index is 0.00000133. The van der Waals surface area contributed by atoms with Crippen LogP contribution in [0.2, 0.25) is 0 Å². The number of hydrogen-bond donors (Lipinski definition) is 1. The smallest absolute Gasteiger partial charge is 0.233 e. The predicted molar refractivity (Wildman–Crippen MR) is 73.8 cm³/mol. The monoisotopic (exact) mass is 287 g/mol. The lowest BCUT2D eigenvalue weighted by Crippen LogP contribution is -2.41. The number of aromatic nitrogens is 2. The molecular weight excluding hydrogens is 266 g/mol. The van der Waals surface area contributed by atoms with Crippen molar-refractivity contribution >= 4 is 12.4 Å². The second kappa shape index (κ2) is 6.20. The molecule has 3 rings (SSSR count). The first-order chi connectivity index (χ1) is 8.84. The molecule has 0 bridgehead atoms. The van der Waals surface area contributed by atoms with Crippen molar-refractivity contribution in [3.05, 3.63) is 11.7 Å². The van der Waals surface area contributed by atoms with Crippen LogP contribution in [0.4, 0.5) is 0 Å². The van der Waals surface area contributed by atoms with Crippen LogP contribution in [0.3, 0.4) is 0 Å². The summed E-state index contributed by atoms with van der Waals surface area (Å²) in [6, 6.07) is 0. The van der Waals surface area contributed by atoms with Crippen LogP contribution >= 0.6 is 12.4 Å². The number of nitrogens with one attached hydrogen (secondary N) is 1. The molecule has 5 nitrogen and oxygen atoms in total. The summed E-state index contributed by atoms with van der Waals surface area (Å²) in [5.41, 5.74) is 0.0292.